The Kier molecular flexibility index (Phi) is 6.96. The number of carbonyl (C=O) groups is 2. The molecule has 2 N–H and O–H groups in total. The SMILES string of the molecule is O=C(Cc1ccccc1)Nc1ccc(C(=O)NCCN2CCOCC2)cc1. The summed E-state index contributed by atoms with van der Waals surface area (Å²) in [5, 5.41) is 5.78. The molecule has 27 heavy (non-hydrogen) atoms. The van der Waals surface area contributed by atoms with Gasteiger partial charge in [0.15, 0.2) is 0 Å². The minimum absolute atomic E-state index is 0.0797. The van der Waals surface area contributed by atoms with Gasteiger partial charge in [-0.25, -0.2) is 0 Å². The van der Waals surface area contributed by atoms with Crippen molar-refractivity contribution in [1.29, 1.82) is 0 Å². The van der Waals surface area contributed by atoms with E-state index in [1.807, 2.05) is 30.3 Å². The van der Waals surface area contributed by atoms with Crippen molar-refractivity contribution in [2.45, 2.75) is 6.42 Å². The standard InChI is InChI=1S/C21H25N3O3/c25-20(16-17-4-2-1-3-5-17)23-19-8-6-18(7-9-19)21(26)22-10-11-24-12-14-27-15-13-24/h1-9H,10-16H2,(H,22,26)(H,23,25). The van der Waals surface area contributed by atoms with Gasteiger partial charge in [-0.1, -0.05) is 30.3 Å². The van der Waals surface area contributed by atoms with Crippen LogP contribution in [0.2, 0.25) is 0 Å². The summed E-state index contributed by atoms with van der Waals surface area (Å²) in [5.74, 6) is -0.186. The summed E-state index contributed by atoms with van der Waals surface area (Å²) in [6.45, 7) is 4.76. The molecule has 6 nitrogen and oxygen atoms in total. The Labute approximate surface area is 159 Å². The van der Waals surface area contributed by atoms with Gasteiger partial charge < -0.3 is 15.4 Å². The summed E-state index contributed by atoms with van der Waals surface area (Å²) in [7, 11) is 0. The highest BCUT2D eigenvalue weighted by molar-refractivity contribution is 5.96. The van der Waals surface area contributed by atoms with Crippen LogP contribution >= 0.6 is 0 Å². The Morgan fingerprint density at radius 2 is 1.67 bits per heavy atom. The van der Waals surface area contributed by atoms with Gasteiger partial charge in [0.2, 0.25) is 5.91 Å². The van der Waals surface area contributed by atoms with Crippen LogP contribution in [0.5, 0.6) is 0 Å². The van der Waals surface area contributed by atoms with E-state index in [4.69, 9.17) is 4.74 Å². The van der Waals surface area contributed by atoms with Crippen molar-refractivity contribution >= 4 is 17.5 Å². The molecule has 0 spiro atoms. The number of nitrogens with zero attached hydrogens (tertiary/aromatic N) is 1. The zero-order valence-corrected chi connectivity index (χ0v) is 15.3. The number of amides is 2. The highest BCUT2D eigenvalue weighted by Gasteiger charge is 2.11. The summed E-state index contributed by atoms with van der Waals surface area (Å²) < 4.78 is 5.31. The van der Waals surface area contributed by atoms with Gasteiger partial charge in [0.05, 0.1) is 19.6 Å². The number of rotatable bonds is 7. The van der Waals surface area contributed by atoms with Crippen molar-refractivity contribution < 1.29 is 14.3 Å². The van der Waals surface area contributed by atoms with E-state index >= 15 is 0 Å². The third-order valence-corrected chi connectivity index (χ3v) is 4.46. The average Bonchev–Trinajstić information content (AvgIpc) is 2.70. The molecule has 0 radical (unpaired) electrons. The van der Waals surface area contributed by atoms with E-state index in [-0.39, 0.29) is 11.8 Å². The fraction of sp³-hybridized carbons (Fsp3) is 0.333. The molecule has 3 rings (SSSR count). The van der Waals surface area contributed by atoms with Gasteiger partial charge in [-0.15, -0.1) is 0 Å². The lowest BCUT2D eigenvalue weighted by molar-refractivity contribution is -0.115. The molecule has 0 saturated carbocycles. The largest absolute Gasteiger partial charge is 0.379 e. The summed E-state index contributed by atoms with van der Waals surface area (Å²) in [6, 6.07) is 16.5. The van der Waals surface area contributed by atoms with Crippen molar-refractivity contribution in [3.05, 3.63) is 65.7 Å². The Balaban J connectivity index is 1.43. The summed E-state index contributed by atoms with van der Waals surface area (Å²) in [5.41, 5.74) is 2.23. The van der Waals surface area contributed by atoms with E-state index in [9.17, 15) is 9.59 Å². The van der Waals surface area contributed by atoms with Crippen molar-refractivity contribution in [1.82, 2.24) is 10.2 Å². The summed E-state index contributed by atoms with van der Waals surface area (Å²) in [4.78, 5) is 26.6. The van der Waals surface area contributed by atoms with Crippen molar-refractivity contribution in [2.75, 3.05) is 44.7 Å². The van der Waals surface area contributed by atoms with Gasteiger partial charge in [0.1, 0.15) is 0 Å². The monoisotopic (exact) mass is 367 g/mol. The molecule has 0 aliphatic carbocycles. The first-order chi connectivity index (χ1) is 13.2. The van der Waals surface area contributed by atoms with E-state index in [0.717, 1.165) is 38.4 Å². The maximum absolute atomic E-state index is 12.2. The minimum Gasteiger partial charge on any atom is -0.379 e. The van der Waals surface area contributed by atoms with E-state index < -0.39 is 0 Å². The molecular weight excluding hydrogens is 342 g/mol. The number of hydrogen-bond acceptors (Lipinski definition) is 4. The molecule has 0 aromatic heterocycles. The zero-order valence-electron chi connectivity index (χ0n) is 15.3. The molecule has 1 heterocycles. The molecular formula is C21H25N3O3. The van der Waals surface area contributed by atoms with Gasteiger partial charge >= 0.3 is 0 Å². The van der Waals surface area contributed by atoms with Crippen LogP contribution in [-0.2, 0) is 16.0 Å². The first-order valence-electron chi connectivity index (χ1n) is 9.23. The number of hydrogen-bond donors (Lipinski definition) is 2. The molecule has 2 amide bonds. The highest BCUT2D eigenvalue weighted by atomic mass is 16.5. The maximum Gasteiger partial charge on any atom is 0.251 e. The van der Waals surface area contributed by atoms with Crippen LogP contribution in [0, 0.1) is 0 Å². The van der Waals surface area contributed by atoms with Crippen LogP contribution in [0.3, 0.4) is 0 Å². The Hall–Kier alpha value is -2.70. The third kappa shape index (κ3) is 6.20. The molecule has 1 aliphatic rings. The van der Waals surface area contributed by atoms with Crippen molar-refractivity contribution in [2.24, 2.45) is 0 Å². The maximum atomic E-state index is 12.2. The van der Waals surface area contributed by atoms with E-state index in [1.54, 1.807) is 24.3 Å². The molecule has 1 fully saturated rings. The molecule has 142 valence electrons. The molecule has 2 aromatic carbocycles. The lowest BCUT2D eigenvalue weighted by atomic mass is 10.1. The number of nitrogens with one attached hydrogen (secondary N) is 2. The molecule has 1 aliphatic heterocycles. The molecule has 0 unspecified atom stereocenters. The second-order valence-corrected chi connectivity index (χ2v) is 6.50. The van der Waals surface area contributed by atoms with E-state index in [1.165, 1.54) is 0 Å². The highest BCUT2D eigenvalue weighted by Crippen LogP contribution is 2.11. The second kappa shape index (κ2) is 9.85. The smallest absolute Gasteiger partial charge is 0.251 e. The van der Waals surface area contributed by atoms with Crippen molar-refractivity contribution in [3.63, 3.8) is 0 Å². The van der Waals surface area contributed by atoms with E-state index in [2.05, 4.69) is 15.5 Å². The quantitative estimate of drug-likeness (QED) is 0.785. The predicted octanol–water partition coefficient (Wildman–Crippen LogP) is 1.93. The Morgan fingerprint density at radius 3 is 2.37 bits per heavy atom. The number of morpholine rings is 1. The minimum atomic E-state index is -0.106. The summed E-state index contributed by atoms with van der Waals surface area (Å²) in [6.07, 6.45) is 0.324. The Bertz CT molecular complexity index is 741. The first-order valence-corrected chi connectivity index (χ1v) is 9.23. The van der Waals surface area contributed by atoms with Gasteiger partial charge in [0.25, 0.3) is 5.91 Å². The fourth-order valence-corrected chi connectivity index (χ4v) is 2.95. The summed E-state index contributed by atoms with van der Waals surface area (Å²) >= 11 is 0. The molecule has 2 aromatic rings. The Morgan fingerprint density at radius 1 is 0.963 bits per heavy atom. The van der Waals surface area contributed by atoms with Crippen LogP contribution in [0.4, 0.5) is 5.69 Å². The van der Waals surface area contributed by atoms with Crippen LogP contribution in [0.25, 0.3) is 0 Å². The van der Waals surface area contributed by atoms with Gasteiger partial charge in [-0.3, -0.25) is 14.5 Å². The topological polar surface area (TPSA) is 70.7 Å². The number of anilines is 1. The second-order valence-electron chi connectivity index (χ2n) is 6.50. The van der Waals surface area contributed by atoms with Gasteiger partial charge in [0, 0.05) is 37.4 Å². The van der Waals surface area contributed by atoms with Crippen molar-refractivity contribution in [3.8, 4) is 0 Å². The number of benzene rings is 2. The van der Waals surface area contributed by atoms with E-state index in [0.29, 0.717) is 24.2 Å². The molecule has 0 bridgehead atoms. The van der Waals surface area contributed by atoms with Crippen LogP contribution in [0.1, 0.15) is 15.9 Å². The molecule has 1 saturated heterocycles. The number of carbonyl (C=O) groups excluding carboxylic acids is 2. The average molecular weight is 367 g/mol. The van der Waals surface area contributed by atoms with Gasteiger partial charge in [-0.2, -0.15) is 0 Å². The lowest BCUT2D eigenvalue weighted by Crippen LogP contribution is -2.41. The lowest BCUT2D eigenvalue weighted by Gasteiger charge is -2.26. The first kappa shape index (κ1) is 19.1. The third-order valence-electron chi connectivity index (χ3n) is 4.46. The fourth-order valence-electron chi connectivity index (χ4n) is 2.95. The zero-order chi connectivity index (χ0) is 18.9. The predicted molar refractivity (Wildman–Crippen MR) is 105 cm³/mol. The number of ether oxygens (including phenoxy) is 1. The van der Waals surface area contributed by atoms with Gasteiger partial charge in [-0.05, 0) is 29.8 Å². The normalized spacial score (nSPS) is 14.5. The molecule has 0 atom stereocenters. The van der Waals surface area contributed by atoms with Crippen LogP contribution < -0.4 is 10.6 Å². The van der Waals surface area contributed by atoms with Crippen LogP contribution in [0.15, 0.2) is 54.6 Å². The molecule has 6 heteroatoms. The van der Waals surface area contributed by atoms with Crippen LogP contribution in [-0.4, -0.2) is 56.1 Å².